The predicted molar refractivity (Wildman–Crippen MR) is 102 cm³/mol. The Morgan fingerprint density at radius 2 is 1.96 bits per heavy atom. The zero-order valence-corrected chi connectivity index (χ0v) is 15.8. The Bertz CT molecular complexity index is 774. The fourth-order valence-electron chi connectivity index (χ4n) is 2.04. The maximum absolute atomic E-state index is 11.8. The first-order valence-corrected chi connectivity index (χ1v) is 8.93. The quantitative estimate of drug-likeness (QED) is 0.586. The van der Waals surface area contributed by atoms with Crippen LogP contribution in [0.25, 0.3) is 0 Å². The van der Waals surface area contributed by atoms with Crippen LogP contribution in [0.5, 0.6) is 5.75 Å². The number of rotatable bonds is 9. The fraction of sp³-hybridized carbons (Fsp3) is 0.278. The van der Waals surface area contributed by atoms with Gasteiger partial charge in [-0.15, -0.1) is 0 Å². The summed E-state index contributed by atoms with van der Waals surface area (Å²) in [6.45, 7) is 0.0797. The molecule has 144 valence electrons. The van der Waals surface area contributed by atoms with Gasteiger partial charge in [0.1, 0.15) is 11.4 Å². The molecule has 1 atom stereocenters. The van der Waals surface area contributed by atoms with Gasteiger partial charge in [0.2, 0.25) is 0 Å². The van der Waals surface area contributed by atoms with Gasteiger partial charge >= 0.3 is 0 Å². The molecule has 1 heterocycles. The molecular weight excluding hydrogens is 393 g/mol. The molecule has 0 aliphatic carbocycles. The van der Waals surface area contributed by atoms with Crippen molar-refractivity contribution in [3.05, 3.63) is 58.3 Å². The van der Waals surface area contributed by atoms with Crippen LogP contribution in [0.4, 0.5) is 0 Å². The minimum Gasteiger partial charge on any atom is -0.484 e. The average molecular weight is 412 g/mol. The van der Waals surface area contributed by atoms with E-state index in [9.17, 15) is 14.7 Å². The van der Waals surface area contributed by atoms with Gasteiger partial charge in [-0.2, -0.15) is 0 Å². The Morgan fingerprint density at radius 3 is 2.67 bits per heavy atom. The van der Waals surface area contributed by atoms with E-state index >= 15 is 0 Å². The van der Waals surface area contributed by atoms with E-state index in [0.717, 1.165) is 0 Å². The first kappa shape index (κ1) is 21.0. The molecule has 3 N–H and O–H groups in total. The van der Waals surface area contributed by atoms with Crippen molar-refractivity contribution in [1.82, 2.24) is 15.6 Å². The first-order valence-electron chi connectivity index (χ1n) is 8.17. The second-order valence-electron chi connectivity index (χ2n) is 5.58. The van der Waals surface area contributed by atoms with Gasteiger partial charge in [-0.3, -0.25) is 14.6 Å². The number of hydrogen-bond acceptors (Lipinski definition) is 5. The number of benzene rings is 1. The topological polar surface area (TPSA) is 101 Å². The van der Waals surface area contributed by atoms with Crippen molar-refractivity contribution >= 4 is 35.0 Å². The minimum atomic E-state index is -0.803. The Balaban J connectivity index is 1.61. The summed E-state index contributed by atoms with van der Waals surface area (Å²) in [4.78, 5) is 27.5. The molecule has 2 amide bonds. The molecule has 0 bridgehead atoms. The van der Waals surface area contributed by atoms with E-state index in [-0.39, 0.29) is 32.0 Å². The summed E-state index contributed by atoms with van der Waals surface area (Å²) in [5.41, 5.74) is 0.305. The van der Waals surface area contributed by atoms with E-state index in [1.807, 2.05) is 0 Å². The van der Waals surface area contributed by atoms with Gasteiger partial charge in [-0.05, 0) is 30.7 Å². The Morgan fingerprint density at radius 1 is 1.15 bits per heavy atom. The summed E-state index contributed by atoms with van der Waals surface area (Å²) in [5, 5.41) is 15.8. The minimum absolute atomic E-state index is 0.0447. The number of halogens is 2. The molecule has 2 rings (SSSR count). The van der Waals surface area contributed by atoms with Gasteiger partial charge in [0.25, 0.3) is 11.8 Å². The van der Waals surface area contributed by atoms with E-state index in [1.165, 1.54) is 12.3 Å². The van der Waals surface area contributed by atoms with E-state index in [2.05, 4.69) is 15.6 Å². The molecule has 9 heteroatoms. The molecule has 27 heavy (non-hydrogen) atoms. The summed E-state index contributed by atoms with van der Waals surface area (Å²) in [5.74, 6) is -0.295. The van der Waals surface area contributed by atoms with Crippen LogP contribution in [0.15, 0.2) is 42.6 Å². The van der Waals surface area contributed by atoms with Crippen molar-refractivity contribution in [2.75, 3.05) is 19.7 Å². The van der Waals surface area contributed by atoms with E-state index < -0.39 is 12.0 Å². The number of amides is 2. The van der Waals surface area contributed by atoms with Crippen LogP contribution >= 0.6 is 23.2 Å². The number of nitrogens with one attached hydrogen (secondary N) is 2. The number of aromatic nitrogens is 1. The Labute approximate surface area is 166 Å². The van der Waals surface area contributed by atoms with Gasteiger partial charge in [-0.1, -0.05) is 29.3 Å². The second kappa shape index (κ2) is 10.7. The largest absolute Gasteiger partial charge is 0.484 e. The highest BCUT2D eigenvalue weighted by atomic mass is 35.5. The molecule has 0 saturated carbocycles. The lowest BCUT2D eigenvalue weighted by molar-refractivity contribution is -0.123. The predicted octanol–water partition coefficient (Wildman–Crippen LogP) is 2.06. The zero-order chi connectivity index (χ0) is 19.6. The van der Waals surface area contributed by atoms with Crippen molar-refractivity contribution in [3.63, 3.8) is 0 Å². The molecule has 0 spiro atoms. The molecule has 0 aliphatic rings. The molecule has 0 saturated heterocycles. The van der Waals surface area contributed by atoms with Crippen LogP contribution in [-0.2, 0) is 4.79 Å². The highest BCUT2D eigenvalue weighted by Gasteiger charge is 2.10. The van der Waals surface area contributed by atoms with Crippen LogP contribution in [-0.4, -0.2) is 47.7 Å². The third-order valence-electron chi connectivity index (χ3n) is 3.46. The lowest BCUT2D eigenvalue weighted by atomic mass is 10.2. The van der Waals surface area contributed by atoms with Crippen molar-refractivity contribution in [3.8, 4) is 5.75 Å². The normalized spacial score (nSPS) is 11.5. The molecule has 0 fully saturated rings. The first-order chi connectivity index (χ1) is 13.0. The van der Waals surface area contributed by atoms with E-state index in [0.29, 0.717) is 21.5 Å². The van der Waals surface area contributed by atoms with E-state index in [4.69, 9.17) is 27.9 Å². The summed E-state index contributed by atoms with van der Waals surface area (Å²) in [6.07, 6.45) is 1.01. The lowest BCUT2D eigenvalue weighted by Gasteiger charge is -2.13. The van der Waals surface area contributed by atoms with Crippen molar-refractivity contribution in [2.24, 2.45) is 0 Å². The van der Waals surface area contributed by atoms with Gasteiger partial charge in [-0.25, -0.2) is 0 Å². The highest BCUT2D eigenvalue weighted by molar-refractivity contribution is 6.42. The number of pyridine rings is 1. The lowest BCUT2D eigenvalue weighted by Crippen LogP contribution is -2.37. The SMILES string of the molecule is O=C(COc1ccc(Cl)c(Cl)c1)NC[C@@H](O)CCNC(=O)c1ccccn1. The molecule has 0 aliphatic heterocycles. The molecule has 1 aromatic heterocycles. The molecule has 0 radical (unpaired) electrons. The van der Waals surface area contributed by atoms with Crippen LogP contribution in [0.3, 0.4) is 0 Å². The summed E-state index contributed by atoms with van der Waals surface area (Å²) >= 11 is 11.7. The number of nitrogens with zero attached hydrogens (tertiary/aromatic N) is 1. The van der Waals surface area contributed by atoms with Crippen molar-refractivity contribution in [1.29, 1.82) is 0 Å². The van der Waals surface area contributed by atoms with Crippen LogP contribution in [0.1, 0.15) is 16.9 Å². The third kappa shape index (κ3) is 7.42. The standard InChI is InChI=1S/C18H19Cl2N3O4/c19-14-5-4-13(9-15(14)20)27-11-17(25)23-10-12(24)6-8-22-18(26)16-3-1-2-7-21-16/h1-5,7,9,12,24H,6,8,10-11H2,(H,22,26)(H,23,25)/t12-/m0/s1. The highest BCUT2D eigenvalue weighted by Crippen LogP contribution is 2.26. The maximum atomic E-state index is 11.8. The van der Waals surface area contributed by atoms with Crippen LogP contribution in [0, 0.1) is 0 Å². The summed E-state index contributed by atoms with van der Waals surface area (Å²) in [6, 6.07) is 9.71. The molecule has 7 nitrogen and oxygen atoms in total. The molecular formula is C18H19Cl2N3O4. The number of ether oxygens (including phenoxy) is 1. The van der Waals surface area contributed by atoms with Gasteiger partial charge in [0, 0.05) is 25.4 Å². The number of carbonyl (C=O) groups excluding carboxylic acids is 2. The van der Waals surface area contributed by atoms with Gasteiger partial charge in [0.05, 0.1) is 16.1 Å². The smallest absolute Gasteiger partial charge is 0.269 e. The fourth-order valence-corrected chi connectivity index (χ4v) is 2.33. The molecule has 2 aromatic rings. The molecule has 0 unspecified atom stereocenters. The van der Waals surface area contributed by atoms with Gasteiger partial charge < -0.3 is 20.5 Å². The number of aliphatic hydroxyl groups excluding tert-OH is 1. The third-order valence-corrected chi connectivity index (χ3v) is 4.20. The van der Waals surface area contributed by atoms with Crippen molar-refractivity contribution in [2.45, 2.75) is 12.5 Å². The summed E-state index contributed by atoms with van der Waals surface area (Å²) in [7, 11) is 0. The average Bonchev–Trinajstić information content (AvgIpc) is 2.68. The van der Waals surface area contributed by atoms with Crippen molar-refractivity contribution < 1.29 is 19.4 Å². The number of hydrogen-bond donors (Lipinski definition) is 3. The van der Waals surface area contributed by atoms with E-state index in [1.54, 1.807) is 30.3 Å². The van der Waals surface area contributed by atoms with Gasteiger partial charge in [0.15, 0.2) is 6.61 Å². The second-order valence-corrected chi connectivity index (χ2v) is 6.40. The summed E-state index contributed by atoms with van der Waals surface area (Å²) < 4.78 is 5.30. The maximum Gasteiger partial charge on any atom is 0.269 e. The zero-order valence-electron chi connectivity index (χ0n) is 14.3. The van der Waals surface area contributed by atoms with Crippen LogP contribution < -0.4 is 15.4 Å². The number of aliphatic hydroxyl groups is 1. The Hall–Kier alpha value is -2.35. The molecule has 1 aromatic carbocycles. The number of carbonyl (C=O) groups is 2. The monoisotopic (exact) mass is 411 g/mol. The van der Waals surface area contributed by atoms with Crippen LogP contribution in [0.2, 0.25) is 10.0 Å². The Kier molecular flexibility index (Phi) is 8.32.